The lowest BCUT2D eigenvalue weighted by Crippen LogP contribution is -2.52. The number of halogens is 2. The van der Waals surface area contributed by atoms with E-state index in [1.807, 2.05) is 55.6 Å². The van der Waals surface area contributed by atoms with Crippen LogP contribution in [0.15, 0.2) is 60.8 Å². The van der Waals surface area contributed by atoms with Gasteiger partial charge < -0.3 is 25.8 Å². The largest absolute Gasteiger partial charge is 0.338 e. The van der Waals surface area contributed by atoms with Gasteiger partial charge in [0.15, 0.2) is 0 Å². The summed E-state index contributed by atoms with van der Waals surface area (Å²) >= 11 is 0. The van der Waals surface area contributed by atoms with Crippen LogP contribution in [-0.2, 0) is 50.5 Å². The maximum atomic E-state index is 14.2. The van der Waals surface area contributed by atoms with E-state index in [2.05, 4.69) is 20.9 Å². The minimum Gasteiger partial charge on any atom is -0.338 e. The van der Waals surface area contributed by atoms with Crippen molar-refractivity contribution in [2.75, 3.05) is 37.3 Å². The average molecular weight is 645 g/mol. The minimum atomic E-state index is -3.09. The maximum Gasteiger partial charge on any atom is 0.315 e. The van der Waals surface area contributed by atoms with Gasteiger partial charge >= 0.3 is 6.43 Å². The normalized spacial score (nSPS) is 19.3. The third-order valence-corrected chi connectivity index (χ3v) is 9.81. The van der Waals surface area contributed by atoms with Gasteiger partial charge in [-0.2, -0.15) is 8.78 Å². The zero-order valence-electron chi connectivity index (χ0n) is 26.4. The number of pyridine rings is 1. The molecule has 3 N–H and O–H groups in total. The number of anilines is 2. The number of hydrogen-bond acceptors (Lipinski definition) is 6. The van der Waals surface area contributed by atoms with Gasteiger partial charge in [0, 0.05) is 49.0 Å². The van der Waals surface area contributed by atoms with Crippen LogP contribution >= 0.6 is 0 Å². The fourth-order valence-electron chi connectivity index (χ4n) is 7.15. The van der Waals surface area contributed by atoms with Crippen LogP contribution < -0.4 is 16.0 Å². The van der Waals surface area contributed by atoms with Gasteiger partial charge in [0.1, 0.15) is 12.4 Å². The molecule has 2 aliphatic heterocycles. The Balaban J connectivity index is 1.19. The van der Waals surface area contributed by atoms with Crippen molar-refractivity contribution in [2.45, 2.75) is 57.5 Å². The van der Waals surface area contributed by atoms with E-state index in [9.17, 15) is 28.0 Å². The number of benzene rings is 2. The first-order valence-corrected chi connectivity index (χ1v) is 15.8. The molecule has 0 bridgehead atoms. The summed E-state index contributed by atoms with van der Waals surface area (Å²) in [4.78, 5) is 59.7. The molecule has 2 aromatic carbocycles. The van der Waals surface area contributed by atoms with E-state index in [0.29, 0.717) is 30.9 Å². The van der Waals surface area contributed by atoms with Crippen LogP contribution in [0.4, 0.5) is 20.3 Å². The van der Waals surface area contributed by atoms with E-state index in [0.717, 1.165) is 32.7 Å². The quantitative estimate of drug-likeness (QED) is 0.327. The molecule has 1 saturated heterocycles. The van der Waals surface area contributed by atoms with Crippen molar-refractivity contribution in [3.8, 4) is 0 Å². The van der Waals surface area contributed by atoms with Gasteiger partial charge in [-0.25, -0.2) is 4.98 Å². The molecular weight excluding hydrogens is 606 g/mol. The third-order valence-electron chi connectivity index (χ3n) is 9.81. The van der Waals surface area contributed by atoms with Crippen molar-refractivity contribution in [1.82, 2.24) is 20.1 Å². The molecule has 1 fully saturated rings. The molecular formula is C35H38F2N6O4. The number of carbonyl (C=O) groups excluding carboxylic acids is 4. The molecule has 3 aromatic rings. The highest BCUT2D eigenvalue weighted by molar-refractivity contribution is 6.06. The number of piperidine rings is 1. The standard InChI is InChI=1S/C35H38F2N6O4/c1-34(11-14-42(15-12-34)31(45)29(36)37)33(47)43(20-24-7-4-3-6-23(24)19-38-2)21-28(44)40-26-10-9-22-17-35(18-25(22)16-26)27-8-5-13-39-30(27)41-32(35)46/h3-10,13,16,29,38H,11-12,14-15,17-21H2,1-2H3,(H,40,44)(H,39,41,46)/t35-/m1/s1. The van der Waals surface area contributed by atoms with Crippen LogP contribution in [0.25, 0.3) is 0 Å². The van der Waals surface area contributed by atoms with Crippen LogP contribution in [0.5, 0.6) is 0 Å². The molecule has 6 rings (SSSR count). The predicted molar refractivity (Wildman–Crippen MR) is 172 cm³/mol. The lowest BCUT2D eigenvalue weighted by atomic mass is 9.78. The van der Waals surface area contributed by atoms with E-state index >= 15 is 0 Å². The Morgan fingerprint density at radius 1 is 1.02 bits per heavy atom. The minimum absolute atomic E-state index is 0.0387. The first-order chi connectivity index (χ1) is 22.5. The molecule has 4 amide bonds. The van der Waals surface area contributed by atoms with Gasteiger partial charge in [0.25, 0.3) is 5.91 Å². The number of carbonyl (C=O) groups is 4. The average Bonchev–Trinajstić information content (AvgIpc) is 3.57. The molecule has 246 valence electrons. The van der Waals surface area contributed by atoms with Crippen molar-refractivity contribution in [3.63, 3.8) is 0 Å². The third kappa shape index (κ3) is 6.21. The highest BCUT2D eigenvalue weighted by Crippen LogP contribution is 2.47. The first kappa shape index (κ1) is 32.2. The number of nitrogens with zero attached hydrogens (tertiary/aromatic N) is 3. The summed E-state index contributed by atoms with van der Waals surface area (Å²) in [6, 6.07) is 17.0. The number of aromatic nitrogens is 1. The molecule has 12 heteroatoms. The Kier molecular flexibility index (Phi) is 8.80. The fraction of sp³-hybridized carbons (Fsp3) is 0.400. The molecule has 3 heterocycles. The number of amides is 4. The smallest absolute Gasteiger partial charge is 0.315 e. The zero-order valence-corrected chi connectivity index (χ0v) is 26.4. The first-order valence-electron chi connectivity index (χ1n) is 15.8. The van der Waals surface area contributed by atoms with E-state index in [1.54, 1.807) is 19.2 Å². The Hall–Kier alpha value is -4.71. The van der Waals surface area contributed by atoms with Crippen molar-refractivity contribution < 1.29 is 28.0 Å². The van der Waals surface area contributed by atoms with Crippen LogP contribution in [-0.4, -0.2) is 71.5 Å². The second kappa shape index (κ2) is 12.8. The topological polar surface area (TPSA) is 124 Å². The monoisotopic (exact) mass is 644 g/mol. The van der Waals surface area contributed by atoms with Gasteiger partial charge in [-0.05, 0) is 73.2 Å². The van der Waals surface area contributed by atoms with Gasteiger partial charge in [-0.15, -0.1) is 0 Å². The summed E-state index contributed by atoms with van der Waals surface area (Å²) in [7, 11) is 1.83. The van der Waals surface area contributed by atoms with Crippen molar-refractivity contribution in [3.05, 3.63) is 88.6 Å². The number of alkyl halides is 2. The Labute approximate surface area is 271 Å². The van der Waals surface area contributed by atoms with Crippen LogP contribution in [0, 0.1) is 5.41 Å². The molecule has 0 saturated carbocycles. The van der Waals surface area contributed by atoms with Gasteiger partial charge in [-0.1, -0.05) is 43.3 Å². The van der Waals surface area contributed by atoms with Gasteiger partial charge in [-0.3, -0.25) is 19.2 Å². The summed E-state index contributed by atoms with van der Waals surface area (Å²) in [5.74, 6) is -1.39. The zero-order chi connectivity index (χ0) is 33.3. The summed E-state index contributed by atoms with van der Waals surface area (Å²) in [6.07, 6.45) is -0.00878. The molecule has 10 nitrogen and oxygen atoms in total. The predicted octanol–water partition coefficient (Wildman–Crippen LogP) is 3.65. The fourth-order valence-corrected chi connectivity index (χ4v) is 7.15. The van der Waals surface area contributed by atoms with Crippen LogP contribution in [0.3, 0.4) is 0 Å². The van der Waals surface area contributed by atoms with Crippen LogP contribution in [0.1, 0.15) is 47.6 Å². The number of fused-ring (bicyclic) bond motifs is 3. The molecule has 1 aliphatic carbocycles. The molecule has 3 aliphatic rings. The highest BCUT2D eigenvalue weighted by Gasteiger charge is 2.51. The summed E-state index contributed by atoms with van der Waals surface area (Å²) in [5, 5.41) is 8.98. The van der Waals surface area contributed by atoms with Gasteiger partial charge in [0.05, 0.1) is 5.41 Å². The van der Waals surface area contributed by atoms with Crippen LogP contribution in [0.2, 0.25) is 0 Å². The molecule has 0 unspecified atom stereocenters. The second-order valence-electron chi connectivity index (χ2n) is 13.0. The second-order valence-corrected chi connectivity index (χ2v) is 13.0. The van der Waals surface area contributed by atoms with Gasteiger partial charge in [0.2, 0.25) is 17.7 Å². The van der Waals surface area contributed by atoms with E-state index in [-0.39, 0.29) is 56.7 Å². The Morgan fingerprint density at radius 3 is 2.47 bits per heavy atom. The maximum absolute atomic E-state index is 14.2. The van der Waals surface area contributed by atoms with E-state index in [4.69, 9.17) is 0 Å². The number of likely N-dealkylation sites (tertiary alicyclic amines) is 1. The number of hydrogen-bond donors (Lipinski definition) is 3. The SMILES string of the molecule is CNCc1ccccc1CN(CC(=O)Nc1ccc2c(c1)C[C@@]1(C2)C(=O)Nc2ncccc21)C(=O)C1(C)CCN(C(=O)C(F)F)CC1. The molecule has 47 heavy (non-hydrogen) atoms. The molecule has 1 aromatic heterocycles. The van der Waals surface area contributed by atoms with Crippen molar-refractivity contribution in [1.29, 1.82) is 0 Å². The molecule has 0 radical (unpaired) electrons. The summed E-state index contributed by atoms with van der Waals surface area (Å²) < 4.78 is 26.1. The Morgan fingerprint density at radius 2 is 1.74 bits per heavy atom. The lowest BCUT2D eigenvalue weighted by molar-refractivity contribution is -0.152. The number of nitrogens with one attached hydrogen (secondary N) is 3. The summed E-state index contributed by atoms with van der Waals surface area (Å²) in [5.41, 5.74) is 3.61. The Bertz CT molecular complexity index is 1720. The lowest BCUT2D eigenvalue weighted by Gasteiger charge is -2.41. The summed E-state index contributed by atoms with van der Waals surface area (Å²) in [6.45, 7) is 2.36. The van der Waals surface area contributed by atoms with Crippen molar-refractivity contribution >= 4 is 35.1 Å². The van der Waals surface area contributed by atoms with E-state index in [1.165, 1.54) is 4.90 Å². The molecule has 1 spiro atoms. The molecule has 1 atom stereocenters. The van der Waals surface area contributed by atoms with E-state index < -0.39 is 23.2 Å². The number of rotatable bonds is 9. The van der Waals surface area contributed by atoms with Crippen molar-refractivity contribution in [2.24, 2.45) is 5.41 Å². The highest BCUT2D eigenvalue weighted by atomic mass is 19.3.